The highest BCUT2D eigenvalue weighted by atomic mass is 16.5. The number of amides is 1. The summed E-state index contributed by atoms with van der Waals surface area (Å²) in [4.78, 5) is 13.4. The summed E-state index contributed by atoms with van der Waals surface area (Å²) in [7, 11) is 3.56. The van der Waals surface area contributed by atoms with Crippen molar-refractivity contribution in [1.29, 1.82) is 0 Å². The summed E-state index contributed by atoms with van der Waals surface area (Å²) >= 11 is 0. The van der Waals surface area contributed by atoms with E-state index >= 15 is 0 Å². The molecule has 0 spiro atoms. The van der Waals surface area contributed by atoms with E-state index in [4.69, 9.17) is 4.74 Å². The molecule has 1 heterocycles. The highest BCUT2D eigenvalue weighted by molar-refractivity contribution is 5.93. The van der Waals surface area contributed by atoms with Gasteiger partial charge in [0, 0.05) is 12.2 Å². The molecule has 2 rings (SSSR count). The molecule has 0 fully saturated rings. The van der Waals surface area contributed by atoms with Gasteiger partial charge in [0.25, 0.3) is 0 Å². The Morgan fingerprint density at radius 3 is 2.93 bits per heavy atom. The van der Waals surface area contributed by atoms with Crippen molar-refractivity contribution < 1.29 is 9.53 Å². The average Bonchev–Trinajstić information content (AvgIpc) is 2.33. The normalized spacial score (nSPS) is 16.5. The van der Waals surface area contributed by atoms with Gasteiger partial charge in [-0.05, 0) is 30.8 Å². The molecule has 1 N–H and O–H groups in total. The highest BCUT2D eigenvalue weighted by Gasteiger charge is 2.16. The minimum atomic E-state index is 0.0291. The van der Waals surface area contributed by atoms with Crippen molar-refractivity contribution in [2.75, 3.05) is 26.0 Å². The average molecular weight is 206 g/mol. The van der Waals surface area contributed by atoms with E-state index in [1.807, 2.05) is 30.1 Å². The van der Waals surface area contributed by atoms with Crippen molar-refractivity contribution in [3.63, 3.8) is 0 Å². The third-order valence-corrected chi connectivity index (χ3v) is 2.44. The molecule has 1 aromatic rings. The van der Waals surface area contributed by atoms with Crippen LogP contribution in [0.3, 0.4) is 0 Å². The molecular weight excluding hydrogens is 192 g/mol. The summed E-state index contributed by atoms with van der Waals surface area (Å²) in [5.41, 5.74) is 1.97. The van der Waals surface area contributed by atoms with Gasteiger partial charge in [0.15, 0.2) is 0 Å². The van der Waals surface area contributed by atoms with Crippen molar-refractivity contribution >= 4 is 11.6 Å². The molecule has 0 unspecified atom stereocenters. The van der Waals surface area contributed by atoms with Crippen LogP contribution in [-0.2, 0) is 11.3 Å². The predicted molar refractivity (Wildman–Crippen MR) is 58.0 cm³/mol. The van der Waals surface area contributed by atoms with Gasteiger partial charge in [0.05, 0.1) is 13.7 Å². The Bertz CT molecular complexity index is 390. The van der Waals surface area contributed by atoms with Crippen molar-refractivity contribution in [3.8, 4) is 5.75 Å². The molecule has 4 heteroatoms. The number of ether oxygens (including phenoxy) is 1. The topological polar surface area (TPSA) is 41.6 Å². The van der Waals surface area contributed by atoms with Gasteiger partial charge < -0.3 is 10.1 Å². The zero-order valence-corrected chi connectivity index (χ0v) is 8.91. The van der Waals surface area contributed by atoms with Crippen LogP contribution >= 0.6 is 0 Å². The zero-order valence-electron chi connectivity index (χ0n) is 8.91. The summed E-state index contributed by atoms with van der Waals surface area (Å²) in [5.74, 6) is 0.847. The Hall–Kier alpha value is -1.55. The number of fused-ring (bicyclic) bond motifs is 1. The lowest BCUT2D eigenvalue weighted by atomic mass is 10.1. The van der Waals surface area contributed by atoms with Crippen LogP contribution in [0.5, 0.6) is 5.75 Å². The van der Waals surface area contributed by atoms with E-state index in [1.54, 1.807) is 7.11 Å². The van der Waals surface area contributed by atoms with E-state index in [0.29, 0.717) is 6.54 Å². The monoisotopic (exact) mass is 206 g/mol. The maximum Gasteiger partial charge on any atom is 0.238 e. The molecule has 1 aromatic carbocycles. The van der Waals surface area contributed by atoms with Crippen molar-refractivity contribution in [2.45, 2.75) is 6.54 Å². The van der Waals surface area contributed by atoms with Gasteiger partial charge in [-0.3, -0.25) is 9.69 Å². The molecule has 0 bridgehead atoms. The van der Waals surface area contributed by atoms with Crippen LogP contribution in [0.1, 0.15) is 5.56 Å². The van der Waals surface area contributed by atoms with Crippen LogP contribution in [0.2, 0.25) is 0 Å². The van der Waals surface area contributed by atoms with Crippen molar-refractivity contribution in [3.05, 3.63) is 23.8 Å². The predicted octanol–water partition coefficient (Wildman–Crippen LogP) is 1.08. The third-order valence-electron chi connectivity index (χ3n) is 2.44. The van der Waals surface area contributed by atoms with E-state index in [0.717, 1.165) is 23.5 Å². The molecular formula is C11H14N2O2. The van der Waals surface area contributed by atoms with Crippen LogP contribution in [0.4, 0.5) is 5.69 Å². The zero-order chi connectivity index (χ0) is 10.8. The Morgan fingerprint density at radius 1 is 1.40 bits per heavy atom. The second kappa shape index (κ2) is 3.90. The summed E-state index contributed by atoms with van der Waals surface area (Å²) in [6, 6.07) is 5.69. The molecule has 1 aliphatic rings. The number of hydrogen-bond acceptors (Lipinski definition) is 3. The second-order valence-electron chi connectivity index (χ2n) is 3.74. The largest absolute Gasteiger partial charge is 0.497 e. The van der Waals surface area contributed by atoms with Gasteiger partial charge in [0.2, 0.25) is 5.91 Å². The summed E-state index contributed by atoms with van der Waals surface area (Å²) in [6.07, 6.45) is 0. The molecule has 1 aliphatic heterocycles. The fourth-order valence-electron chi connectivity index (χ4n) is 1.73. The standard InChI is InChI=1S/C11H14N2O2/c1-13-6-8-5-9(15-2)3-4-10(8)12-11(14)7-13/h3-5H,6-7H2,1-2H3,(H,12,14). The SMILES string of the molecule is COc1ccc2c(c1)CN(C)CC(=O)N2. The van der Waals surface area contributed by atoms with Gasteiger partial charge in [-0.25, -0.2) is 0 Å². The number of carbonyl (C=O) groups is 1. The van der Waals surface area contributed by atoms with Crippen molar-refractivity contribution in [2.24, 2.45) is 0 Å². The van der Waals surface area contributed by atoms with Crippen LogP contribution in [0.25, 0.3) is 0 Å². The Labute approximate surface area is 88.8 Å². The quantitative estimate of drug-likeness (QED) is 0.747. The minimum absolute atomic E-state index is 0.0291. The summed E-state index contributed by atoms with van der Waals surface area (Å²) in [6.45, 7) is 1.18. The molecule has 15 heavy (non-hydrogen) atoms. The van der Waals surface area contributed by atoms with Gasteiger partial charge in [-0.15, -0.1) is 0 Å². The number of hydrogen-bond donors (Lipinski definition) is 1. The molecule has 0 aromatic heterocycles. The molecule has 0 saturated carbocycles. The van der Waals surface area contributed by atoms with Crippen molar-refractivity contribution in [1.82, 2.24) is 4.90 Å². The van der Waals surface area contributed by atoms with E-state index in [-0.39, 0.29) is 5.91 Å². The second-order valence-corrected chi connectivity index (χ2v) is 3.74. The number of rotatable bonds is 1. The molecule has 1 amide bonds. The van der Waals surface area contributed by atoms with Gasteiger partial charge in [-0.1, -0.05) is 0 Å². The first-order chi connectivity index (χ1) is 7.19. The van der Waals surface area contributed by atoms with E-state index < -0.39 is 0 Å². The van der Waals surface area contributed by atoms with Crippen LogP contribution in [0, 0.1) is 0 Å². The van der Waals surface area contributed by atoms with Crippen LogP contribution < -0.4 is 10.1 Å². The summed E-state index contributed by atoms with van der Waals surface area (Å²) in [5, 5.41) is 2.87. The lowest BCUT2D eigenvalue weighted by Crippen LogP contribution is -2.26. The number of methoxy groups -OCH3 is 1. The first-order valence-electron chi connectivity index (χ1n) is 4.84. The molecule has 0 atom stereocenters. The first kappa shape index (κ1) is 9.98. The smallest absolute Gasteiger partial charge is 0.238 e. The maximum absolute atomic E-state index is 11.4. The summed E-state index contributed by atoms with van der Waals surface area (Å²) < 4.78 is 5.15. The van der Waals surface area contributed by atoms with E-state index in [2.05, 4.69) is 5.32 Å². The van der Waals surface area contributed by atoms with Crippen LogP contribution in [-0.4, -0.2) is 31.5 Å². The fourth-order valence-corrected chi connectivity index (χ4v) is 1.73. The number of anilines is 1. The first-order valence-corrected chi connectivity index (χ1v) is 4.84. The van der Waals surface area contributed by atoms with Gasteiger partial charge in [0.1, 0.15) is 5.75 Å². The van der Waals surface area contributed by atoms with Crippen LogP contribution in [0.15, 0.2) is 18.2 Å². The molecule has 4 nitrogen and oxygen atoms in total. The molecule has 0 radical (unpaired) electrons. The van der Waals surface area contributed by atoms with E-state index in [9.17, 15) is 4.79 Å². The van der Waals surface area contributed by atoms with E-state index in [1.165, 1.54) is 0 Å². The van der Waals surface area contributed by atoms with Gasteiger partial charge >= 0.3 is 0 Å². The number of nitrogens with one attached hydrogen (secondary N) is 1. The Morgan fingerprint density at radius 2 is 2.20 bits per heavy atom. The third kappa shape index (κ3) is 2.10. The fraction of sp³-hybridized carbons (Fsp3) is 0.364. The number of nitrogens with zero attached hydrogens (tertiary/aromatic N) is 1. The molecule has 0 saturated heterocycles. The van der Waals surface area contributed by atoms with Gasteiger partial charge in [-0.2, -0.15) is 0 Å². The Balaban J connectivity index is 2.37. The highest BCUT2D eigenvalue weighted by Crippen LogP contribution is 2.24. The molecule has 0 aliphatic carbocycles. The lowest BCUT2D eigenvalue weighted by Gasteiger charge is -2.12. The number of likely N-dealkylation sites (N-methyl/N-ethyl adjacent to an activating group) is 1. The lowest BCUT2D eigenvalue weighted by molar-refractivity contribution is -0.116. The number of carbonyl (C=O) groups excluding carboxylic acids is 1. The molecule has 80 valence electrons. The minimum Gasteiger partial charge on any atom is -0.497 e. The maximum atomic E-state index is 11.4. The Kier molecular flexibility index (Phi) is 2.60. The number of benzene rings is 1.